The van der Waals surface area contributed by atoms with E-state index < -0.39 is 0 Å². The Morgan fingerprint density at radius 1 is 1.17 bits per heavy atom. The highest BCUT2D eigenvalue weighted by atomic mass is 32.2. The fourth-order valence-electron chi connectivity index (χ4n) is 1.64. The van der Waals surface area contributed by atoms with Gasteiger partial charge in [0.2, 0.25) is 0 Å². The van der Waals surface area contributed by atoms with Crippen LogP contribution in [0.25, 0.3) is 11.2 Å². The van der Waals surface area contributed by atoms with E-state index in [9.17, 15) is 0 Å². The largest absolute Gasteiger partial charge is 0.430 e. The standard InChI is InChI=1S/C14H12N2OS/c1-10-4-6-11(7-5-10)9-18-14-16-13-12(17-14)3-2-8-15-13/h2-8H,9H2,1H3. The van der Waals surface area contributed by atoms with E-state index in [1.165, 1.54) is 11.1 Å². The molecule has 0 fully saturated rings. The van der Waals surface area contributed by atoms with E-state index in [0.717, 1.165) is 11.3 Å². The predicted octanol–water partition coefficient (Wildman–Crippen LogP) is 3.82. The Morgan fingerprint density at radius 2 is 2.00 bits per heavy atom. The lowest BCUT2D eigenvalue weighted by Gasteiger charge is -1.98. The topological polar surface area (TPSA) is 38.9 Å². The quantitative estimate of drug-likeness (QED) is 0.668. The number of oxazole rings is 1. The van der Waals surface area contributed by atoms with Gasteiger partial charge >= 0.3 is 0 Å². The Kier molecular flexibility index (Phi) is 3.02. The van der Waals surface area contributed by atoms with Crippen molar-refractivity contribution in [2.75, 3.05) is 0 Å². The summed E-state index contributed by atoms with van der Waals surface area (Å²) in [4.78, 5) is 8.48. The number of pyridine rings is 1. The molecule has 0 bridgehead atoms. The molecule has 0 aliphatic carbocycles. The number of aromatic nitrogens is 2. The molecule has 0 aliphatic heterocycles. The van der Waals surface area contributed by atoms with Crippen molar-refractivity contribution in [2.24, 2.45) is 0 Å². The van der Waals surface area contributed by atoms with Gasteiger partial charge in [0.25, 0.3) is 5.22 Å². The number of hydrogen-bond acceptors (Lipinski definition) is 4. The fourth-order valence-corrected chi connectivity index (χ4v) is 2.42. The average molecular weight is 256 g/mol. The first kappa shape index (κ1) is 11.3. The summed E-state index contributed by atoms with van der Waals surface area (Å²) in [5.74, 6) is 0.854. The molecule has 3 nitrogen and oxygen atoms in total. The van der Waals surface area contributed by atoms with Crippen LogP contribution in [0.15, 0.2) is 52.2 Å². The van der Waals surface area contributed by atoms with Gasteiger partial charge < -0.3 is 4.42 Å². The van der Waals surface area contributed by atoms with Crippen LogP contribution >= 0.6 is 11.8 Å². The van der Waals surface area contributed by atoms with Crippen LogP contribution in [0, 0.1) is 6.92 Å². The molecule has 4 heteroatoms. The van der Waals surface area contributed by atoms with Gasteiger partial charge in [0, 0.05) is 11.9 Å². The lowest BCUT2D eigenvalue weighted by Crippen LogP contribution is -1.81. The fraction of sp³-hybridized carbons (Fsp3) is 0.143. The highest BCUT2D eigenvalue weighted by Crippen LogP contribution is 2.25. The van der Waals surface area contributed by atoms with E-state index in [4.69, 9.17) is 4.42 Å². The monoisotopic (exact) mass is 256 g/mol. The average Bonchev–Trinajstić information content (AvgIpc) is 2.81. The van der Waals surface area contributed by atoms with Crippen LogP contribution in [-0.4, -0.2) is 9.97 Å². The second kappa shape index (κ2) is 4.82. The molecular weight excluding hydrogens is 244 g/mol. The molecule has 90 valence electrons. The van der Waals surface area contributed by atoms with Crippen molar-refractivity contribution in [3.63, 3.8) is 0 Å². The summed E-state index contributed by atoms with van der Waals surface area (Å²) in [6.07, 6.45) is 1.72. The van der Waals surface area contributed by atoms with Crippen LogP contribution in [0.5, 0.6) is 0 Å². The predicted molar refractivity (Wildman–Crippen MR) is 72.5 cm³/mol. The van der Waals surface area contributed by atoms with Gasteiger partial charge in [0.1, 0.15) is 0 Å². The van der Waals surface area contributed by atoms with Crippen molar-refractivity contribution in [2.45, 2.75) is 17.9 Å². The zero-order valence-electron chi connectivity index (χ0n) is 9.96. The Hall–Kier alpha value is -1.81. The van der Waals surface area contributed by atoms with Crippen LogP contribution in [0.4, 0.5) is 0 Å². The summed E-state index contributed by atoms with van der Waals surface area (Å²) in [6.45, 7) is 2.09. The molecule has 0 unspecified atom stereocenters. The molecule has 2 heterocycles. The summed E-state index contributed by atoms with van der Waals surface area (Å²) >= 11 is 1.59. The molecule has 0 aliphatic rings. The van der Waals surface area contributed by atoms with Crippen LogP contribution in [-0.2, 0) is 5.75 Å². The second-order valence-electron chi connectivity index (χ2n) is 4.08. The third-order valence-corrected chi connectivity index (χ3v) is 3.53. The molecule has 3 aromatic rings. The molecule has 2 aromatic heterocycles. The van der Waals surface area contributed by atoms with Crippen molar-refractivity contribution in [1.82, 2.24) is 9.97 Å². The first-order valence-corrected chi connectivity index (χ1v) is 6.70. The van der Waals surface area contributed by atoms with Crippen molar-refractivity contribution in [3.05, 3.63) is 53.7 Å². The minimum absolute atomic E-state index is 0.670. The third-order valence-electron chi connectivity index (χ3n) is 2.63. The zero-order chi connectivity index (χ0) is 12.4. The number of hydrogen-bond donors (Lipinski definition) is 0. The first-order valence-electron chi connectivity index (χ1n) is 5.71. The van der Waals surface area contributed by atoms with E-state index in [1.807, 2.05) is 12.1 Å². The summed E-state index contributed by atoms with van der Waals surface area (Å²) in [5.41, 5.74) is 3.95. The number of nitrogens with zero attached hydrogens (tertiary/aromatic N) is 2. The maximum absolute atomic E-state index is 5.60. The van der Waals surface area contributed by atoms with Gasteiger partial charge in [0.05, 0.1) is 0 Å². The normalized spacial score (nSPS) is 10.9. The number of fused-ring (bicyclic) bond motifs is 1. The first-order chi connectivity index (χ1) is 8.81. The lowest BCUT2D eigenvalue weighted by atomic mass is 10.2. The maximum Gasteiger partial charge on any atom is 0.258 e. The molecular formula is C14H12N2OS. The summed E-state index contributed by atoms with van der Waals surface area (Å²) < 4.78 is 5.60. The molecule has 3 rings (SSSR count). The second-order valence-corrected chi connectivity index (χ2v) is 5.01. The number of benzene rings is 1. The number of aryl methyl sites for hydroxylation is 1. The summed E-state index contributed by atoms with van der Waals surface area (Å²) in [5, 5.41) is 0.671. The van der Waals surface area contributed by atoms with Gasteiger partial charge in [-0.05, 0) is 24.6 Å². The Morgan fingerprint density at radius 3 is 2.78 bits per heavy atom. The molecule has 0 saturated heterocycles. The van der Waals surface area contributed by atoms with E-state index in [-0.39, 0.29) is 0 Å². The summed E-state index contributed by atoms with van der Waals surface area (Å²) in [6, 6.07) is 12.2. The van der Waals surface area contributed by atoms with Crippen LogP contribution in [0.1, 0.15) is 11.1 Å². The summed E-state index contributed by atoms with van der Waals surface area (Å²) in [7, 11) is 0. The van der Waals surface area contributed by atoms with Crippen LogP contribution in [0.2, 0.25) is 0 Å². The molecule has 0 spiro atoms. The maximum atomic E-state index is 5.60. The molecule has 1 aromatic carbocycles. The van der Waals surface area contributed by atoms with Crippen LogP contribution in [0.3, 0.4) is 0 Å². The van der Waals surface area contributed by atoms with Gasteiger partial charge in [0.15, 0.2) is 11.2 Å². The number of rotatable bonds is 3. The number of thioether (sulfide) groups is 1. The zero-order valence-corrected chi connectivity index (χ0v) is 10.8. The Bertz CT molecular complexity index is 628. The third kappa shape index (κ3) is 2.38. The molecule has 18 heavy (non-hydrogen) atoms. The highest BCUT2D eigenvalue weighted by molar-refractivity contribution is 7.98. The molecule has 0 saturated carbocycles. The van der Waals surface area contributed by atoms with Gasteiger partial charge in [-0.25, -0.2) is 4.98 Å². The van der Waals surface area contributed by atoms with E-state index in [0.29, 0.717) is 10.9 Å². The van der Waals surface area contributed by atoms with Crippen molar-refractivity contribution < 1.29 is 4.42 Å². The van der Waals surface area contributed by atoms with Crippen LogP contribution < -0.4 is 0 Å². The Labute approximate surface area is 109 Å². The minimum atomic E-state index is 0.670. The van der Waals surface area contributed by atoms with E-state index in [1.54, 1.807) is 18.0 Å². The minimum Gasteiger partial charge on any atom is -0.430 e. The molecule has 0 radical (unpaired) electrons. The molecule has 0 N–H and O–H groups in total. The Balaban J connectivity index is 1.74. The van der Waals surface area contributed by atoms with E-state index in [2.05, 4.69) is 41.2 Å². The smallest absolute Gasteiger partial charge is 0.258 e. The van der Waals surface area contributed by atoms with Gasteiger partial charge in [-0.1, -0.05) is 41.6 Å². The SMILES string of the molecule is Cc1ccc(CSc2nc3ncccc3o2)cc1. The molecule has 0 atom stereocenters. The molecule has 0 amide bonds. The lowest BCUT2D eigenvalue weighted by molar-refractivity contribution is 0.489. The van der Waals surface area contributed by atoms with Gasteiger partial charge in [-0.2, -0.15) is 4.98 Å². The van der Waals surface area contributed by atoms with Gasteiger partial charge in [-0.15, -0.1) is 0 Å². The van der Waals surface area contributed by atoms with E-state index >= 15 is 0 Å². The van der Waals surface area contributed by atoms with Gasteiger partial charge in [-0.3, -0.25) is 0 Å². The van der Waals surface area contributed by atoms with Crippen molar-refractivity contribution in [3.8, 4) is 0 Å². The van der Waals surface area contributed by atoms with Crippen molar-refractivity contribution >= 4 is 23.0 Å². The van der Waals surface area contributed by atoms with Crippen molar-refractivity contribution in [1.29, 1.82) is 0 Å². The highest BCUT2D eigenvalue weighted by Gasteiger charge is 2.06.